The molecule has 2 aliphatic heterocycles. The number of fused-ring (bicyclic) bond motifs is 2. The molecule has 2 aliphatic rings. The van der Waals surface area contributed by atoms with Gasteiger partial charge in [0.15, 0.2) is 6.79 Å². The first kappa shape index (κ1) is 17.8. The molecule has 27 heavy (non-hydrogen) atoms. The minimum atomic E-state index is -0.571. The summed E-state index contributed by atoms with van der Waals surface area (Å²) in [6, 6.07) is 10.0. The van der Waals surface area contributed by atoms with Crippen LogP contribution in [0.15, 0.2) is 41.3 Å². The van der Waals surface area contributed by atoms with Crippen LogP contribution in [0.1, 0.15) is 17.5 Å². The molecular weight excluding hydrogens is 373 g/mol. The van der Waals surface area contributed by atoms with Gasteiger partial charge in [0.1, 0.15) is 18.2 Å². The lowest BCUT2D eigenvalue weighted by molar-refractivity contribution is -0.145. The third kappa shape index (κ3) is 3.91. The van der Waals surface area contributed by atoms with Crippen molar-refractivity contribution in [2.75, 3.05) is 12.1 Å². The SMILES string of the molecule is O=C(CC1Sc2ccccc2NC1=O)OCc1cc(F)cc2c1OCOC2. The highest BCUT2D eigenvalue weighted by Gasteiger charge is 2.29. The van der Waals surface area contributed by atoms with Crippen molar-refractivity contribution in [3.05, 3.63) is 53.3 Å². The Hall–Kier alpha value is -2.58. The number of carbonyl (C=O) groups is 2. The molecule has 1 amide bonds. The molecule has 1 N–H and O–H groups in total. The van der Waals surface area contributed by atoms with Crippen LogP contribution in [-0.4, -0.2) is 23.9 Å². The molecule has 8 heteroatoms. The van der Waals surface area contributed by atoms with Crippen molar-refractivity contribution >= 4 is 29.3 Å². The molecule has 0 radical (unpaired) electrons. The Balaban J connectivity index is 1.40. The Bertz CT molecular complexity index is 904. The Kier molecular flexibility index (Phi) is 5.00. The molecule has 0 fully saturated rings. The number of amides is 1. The monoisotopic (exact) mass is 389 g/mol. The molecule has 1 unspecified atom stereocenters. The van der Waals surface area contributed by atoms with Crippen LogP contribution >= 0.6 is 11.8 Å². The summed E-state index contributed by atoms with van der Waals surface area (Å²) in [5.74, 6) is -0.742. The summed E-state index contributed by atoms with van der Waals surface area (Å²) in [5.41, 5.74) is 1.75. The Morgan fingerprint density at radius 3 is 3.07 bits per heavy atom. The normalized spacial score (nSPS) is 18.0. The number of hydrogen-bond acceptors (Lipinski definition) is 6. The number of carbonyl (C=O) groups excluding carboxylic acids is 2. The van der Waals surface area contributed by atoms with Crippen molar-refractivity contribution in [2.45, 2.75) is 29.8 Å². The standard InChI is InChI=1S/C19H16FNO5S/c20-13-5-11-8-24-10-26-18(11)12(6-13)9-25-17(22)7-16-19(23)21-14-3-1-2-4-15(14)27-16/h1-6,16H,7-10H2,(H,21,23). The zero-order chi connectivity index (χ0) is 18.8. The number of esters is 1. The molecule has 2 aromatic rings. The molecule has 1 atom stereocenters. The predicted octanol–water partition coefficient (Wildman–Crippen LogP) is 3.24. The molecule has 0 spiro atoms. The fourth-order valence-electron chi connectivity index (χ4n) is 2.96. The summed E-state index contributed by atoms with van der Waals surface area (Å²) in [5, 5.41) is 2.22. The van der Waals surface area contributed by atoms with Crippen LogP contribution in [0.4, 0.5) is 10.1 Å². The van der Waals surface area contributed by atoms with Gasteiger partial charge in [-0.2, -0.15) is 0 Å². The van der Waals surface area contributed by atoms with Crippen molar-refractivity contribution in [3.8, 4) is 5.75 Å². The second kappa shape index (κ2) is 7.58. The van der Waals surface area contributed by atoms with Crippen LogP contribution in [-0.2, 0) is 32.3 Å². The molecule has 4 rings (SSSR count). The van der Waals surface area contributed by atoms with Crippen molar-refractivity contribution in [2.24, 2.45) is 0 Å². The van der Waals surface area contributed by atoms with E-state index in [0.29, 0.717) is 16.9 Å². The number of rotatable bonds is 4. The first-order valence-corrected chi connectivity index (χ1v) is 9.22. The van der Waals surface area contributed by atoms with Crippen molar-refractivity contribution < 1.29 is 28.2 Å². The second-order valence-electron chi connectivity index (χ2n) is 6.12. The summed E-state index contributed by atoms with van der Waals surface area (Å²) in [7, 11) is 0. The van der Waals surface area contributed by atoms with Gasteiger partial charge in [-0.1, -0.05) is 12.1 Å². The molecule has 2 heterocycles. The van der Waals surface area contributed by atoms with Gasteiger partial charge >= 0.3 is 5.97 Å². The number of para-hydroxylation sites is 1. The maximum atomic E-state index is 13.7. The van der Waals surface area contributed by atoms with Gasteiger partial charge < -0.3 is 19.5 Å². The highest BCUT2D eigenvalue weighted by Crippen LogP contribution is 2.37. The summed E-state index contributed by atoms with van der Waals surface area (Å²) in [4.78, 5) is 25.3. The number of hydrogen-bond donors (Lipinski definition) is 1. The molecular formula is C19H16FNO5S. The topological polar surface area (TPSA) is 73.9 Å². The van der Waals surface area contributed by atoms with Crippen LogP contribution in [0.5, 0.6) is 5.75 Å². The van der Waals surface area contributed by atoms with Crippen LogP contribution < -0.4 is 10.1 Å². The summed E-state index contributed by atoms with van der Waals surface area (Å²) < 4.78 is 29.5. The molecule has 0 bridgehead atoms. The zero-order valence-corrected chi connectivity index (χ0v) is 15.0. The van der Waals surface area contributed by atoms with Gasteiger partial charge in [-0.15, -0.1) is 11.8 Å². The number of thioether (sulfide) groups is 1. The van der Waals surface area contributed by atoms with E-state index >= 15 is 0 Å². The van der Waals surface area contributed by atoms with Gasteiger partial charge in [-0.25, -0.2) is 4.39 Å². The fourth-order valence-corrected chi connectivity index (χ4v) is 4.05. The average Bonchev–Trinajstić information content (AvgIpc) is 2.66. The molecule has 0 saturated carbocycles. The van der Waals surface area contributed by atoms with Gasteiger partial charge in [-0.3, -0.25) is 9.59 Å². The average molecular weight is 389 g/mol. The van der Waals surface area contributed by atoms with Gasteiger partial charge in [0.05, 0.1) is 24.0 Å². The van der Waals surface area contributed by atoms with E-state index in [1.807, 2.05) is 24.3 Å². The van der Waals surface area contributed by atoms with E-state index < -0.39 is 17.0 Å². The lowest BCUT2D eigenvalue weighted by Crippen LogP contribution is -2.31. The summed E-state index contributed by atoms with van der Waals surface area (Å²) in [6.45, 7) is 0.179. The molecule has 6 nitrogen and oxygen atoms in total. The number of halogens is 1. The van der Waals surface area contributed by atoms with Crippen molar-refractivity contribution in [3.63, 3.8) is 0 Å². The van der Waals surface area contributed by atoms with E-state index in [0.717, 1.165) is 10.6 Å². The maximum Gasteiger partial charge on any atom is 0.307 e. The number of anilines is 1. The Morgan fingerprint density at radius 1 is 1.33 bits per heavy atom. The lowest BCUT2D eigenvalue weighted by atomic mass is 10.1. The van der Waals surface area contributed by atoms with Crippen molar-refractivity contribution in [1.29, 1.82) is 0 Å². The Labute approximate surface area is 159 Å². The number of nitrogens with one attached hydrogen (secondary N) is 1. The largest absolute Gasteiger partial charge is 0.467 e. The molecule has 0 aromatic heterocycles. The van der Waals surface area contributed by atoms with E-state index in [2.05, 4.69) is 5.32 Å². The minimum absolute atomic E-state index is 0.0673. The summed E-state index contributed by atoms with van der Waals surface area (Å²) >= 11 is 1.33. The number of ether oxygens (including phenoxy) is 3. The van der Waals surface area contributed by atoms with Gasteiger partial charge in [0.2, 0.25) is 5.91 Å². The van der Waals surface area contributed by atoms with Gasteiger partial charge in [-0.05, 0) is 24.3 Å². The third-order valence-electron chi connectivity index (χ3n) is 4.20. The number of benzene rings is 2. The van der Waals surface area contributed by atoms with Crippen LogP contribution in [0, 0.1) is 5.82 Å². The van der Waals surface area contributed by atoms with E-state index in [1.54, 1.807) is 0 Å². The first-order valence-electron chi connectivity index (χ1n) is 8.34. The highest BCUT2D eigenvalue weighted by atomic mass is 32.2. The third-order valence-corrected chi connectivity index (χ3v) is 5.47. The smallest absolute Gasteiger partial charge is 0.307 e. The molecule has 0 aliphatic carbocycles. The second-order valence-corrected chi connectivity index (χ2v) is 7.37. The quantitative estimate of drug-likeness (QED) is 0.810. The Morgan fingerprint density at radius 2 is 2.19 bits per heavy atom. The summed E-state index contributed by atoms with van der Waals surface area (Å²) in [6.07, 6.45) is -0.0771. The van der Waals surface area contributed by atoms with E-state index in [-0.39, 0.29) is 32.3 Å². The van der Waals surface area contributed by atoms with Crippen LogP contribution in [0.2, 0.25) is 0 Å². The van der Waals surface area contributed by atoms with E-state index in [4.69, 9.17) is 14.2 Å². The zero-order valence-electron chi connectivity index (χ0n) is 14.2. The van der Waals surface area contributed by atoms with Crippen LogP contribution in [0.25, 0.3) is 0 Å². The first-order chi connectivity index (χ1) is 13.1. The predicted molar refractivity (Wildman–Crippen MR) is 95.8 cm³/mol. The molecule has 140 valence electrons. The van der Waals surface area contributed by atoms with Crippen molar-refractivity contribution in [1.82, 2.24) is 0 Å². The maximum absolute atomic E-state index is 13.7. The van der Waals surface area contributed by atoms with E-state index in [9.17, 15) is 14.0 Å². The highest BCUT2D eigenvalue weighted by molar-refractivity contribution is 8.01. The molecule has 0 saturated heterocycles. The van der Waals surface area contributed by atoms with Gasteiger partial charge in [0, 0.05) is 16.0 Å². The van der Waals surface area contributed by atoms with Crippen LogP contribution in [0.3, 0.4) is 0 Å². The lowest BCUT2D eigenvalue weighted by Gasteiger charge is -2.23. The minimum Gasteiger partial charge on any atom is -0.467 e. The molecule has 2 aromatic carbocycles. The fraction of sp³-hybridized carbons (Fsp3) is 0.263. The van der Waals surface area contributed by atoms with Gasteiger partial charge in [0.25, 0.3) is 0 Å². The van der Waals surface area contributed by atoms with E-state index in [1.165, 1.54) is 23.9 Å².